The first-order valence-corrected chi connectivity index (χ1v) is 5.63. The van der Waals surface area contributed by atoms with Crippen LogP contribution in [0.1, 0.15) is 23.5 Å². The Bertz CT molecular complexity index is 437. The van der Waals surface area contributed by atoms with Gasteiger partial charge in [0.2, 0.25) is 0 Å². The van der Waals surface area contributed by atoms with Crippen LogP contribution in [0.25, 0.3) is 0 Å². The van der Waals surface area contributed by atoms with E-state index in [4.69, 9.17) is 28.5 Å². The van der Waals surface area contributed by atoms with Crippen LogP contribution in [0.5, 0.6) is 0 Å². The third-order valence-corrected chi connectivity index (χ3v) is 2.70. The molecule has 1 aromatic rings. The smallest absolute Gasteiger partial charge is 0.198 e. The number of benzene rings is 1. The molecule has 0 radical (unpaired) electrons. The van der Waals surface area contributed by atoms with E-state index in [0.29, 0.717) is 0 Å². The molecule has 1 aromatic carbocycles. The lowest BCUT2D eigenvalue weighted by molar-refractivity contribution is -0.138. The minimum absolute atomic E-state index is 0.0105. The Morgan fingerprint density at radius 1 is 1.35 bits per heavy atom. The first-order valence-electron chi connectivity index (χ1n) is 4.72. The Kier molecular flexibility index (Phi) is 4.67. The van der Waals surface area contributed by atoms with E-state index in [9.17, 15) is 13.2 Å². The van der Waals surface area contributed by atoms with Crippen LogP contribution < -0.4 is 0 Å². The Hall–Kier alpha value is -0.920. The Morgan fingerprint density at radius 3 is 2.47 bits per heavy atom. The maximum absolute atomic E-state index is 12.8. The molecule has 1 nitrogen and oxygen atoms in total. The maximum Gasteiger partial charge on any atom is 0.416 e. The van der Waals surface area contributed by atoms with Gasteiger partial charge in [-0.1, -0.05) is 17.7 Å². The molecular formula is C11H8Cl2F3N. The summed E-state index contributed by atoms with van der Waals surface area (Å²) < 4.78 is 38.3. The van der Waals surface area contributed by atoms with Crippen molar-refractivity contribution < 1.29 is 13.2 Å². The average Bonchev–Trinajstić information content (AvgIpc) is 2.25. The van der Waals surface area contributed by atoms with Gasteiger partial charge < -0.3 is 0 Å². The SMILES string of the molecule is N#CC(CCCl)c1ccc(Cl)cc1C(F)(F)F. The highest BCUT2D eigenvalue weighted by atomic mass is 35.5. The zero-order valence-electron chi connectivity index (χ0n) is 8.56. The van der Waals surface area contributed by atoms with Gasteiger partial charge in [-0.15, -0.1) is 11.6 Å². The Labute approximate surface area is 107 Å². The van der Waals surface area contributed by atoms with Crippen LogP contribution in [0.3, 0.4) is 0 Å². The molecule has 17 heavy (non-hydrogen) atoms. The standard InChI is InChI=1S/C11H8Cl2F3N/c12-4-3-7(6-17)9-2-1-8(13)5-10(9)11(14,15)16/h1-2,5,7H,3-4H2. The molecule has 0 N–H and O–H groups in total. The number of halogens is 5. The van der Waals surface area contributed by atoms with Gasteiger partial charge in [0, 0.05) is 10.9 Å². The molecule has 1 rings (SSSR count). The van der Waals surface area contributed by atoms with E-state index < -0.39 is 17.7 Å². The topological polar surface area (TPSA) is 23.8 Å². The average molecular weight is 282 g/mol. The van der Waals surface area contributed by atoms with Crippen molar-refractivity contribution in [3.63, 3.8) is 0 Å². The molecule has 0 saturated carbocycles. The van der Waals surface area contributed by atoms with Crippen LogP contribution >= 0.6 is 23.2 Å². The number of nitrogens with zero attached hydrogens (tertiary/aromatic N) is 1. The van der Waals surface area contributed by atoms with Crippen molar-refractivity contribution in [2.45, 2.75) is 18.5 Å². The third-order valence-electron chi connectivity index (χ3n) is 2.25. The van der Waals surface area contributed by atoms with Gasteiger partial charge in [0.1, 0.15) is 0 Å². The second-order valence-electron chi connectivity index (χ2n) is 3.39. The van der Waals surface area contributed by atoms with Gasteiger partial charge in [-0.05, 0) is 24.1 Å². The zero-order valence-corrected chi connectivity index (χ0v) is 10.1. The van der Waals surface area contributed by atoms with E-state index in [0.717, 1.165) is 6.07 Å². The lowest BCUT2D eigenvalue weighted by Gasteiger charge is -2.16. The molecule has 0 saturated heterocycles. The molecule has 0 amide bonds. The lowest BCUT2D eigenvalue weighted by Crippen LogP contribution is -2.12. The molecule has 0 fully saturated rings. The highest BCUT2D eigenvalue weighted by molar-refractivity contribution is 6.30. The van der Waals surface area contributed by atoms with Crippen LogP contribution in [-0.2, 0) is 6.18 Å². The van der Waals surface area contributed by atoms with Crippen LogP contribution in [0.2, 0.25) is 5.02 Å². The molecule has 0 aromatic heterocycles. The minimum Gasteiger partial charge on any atom is -0.198 e. The quantitative estimate of drug-likeness (QED) is 0.743. The summed E-state index contributed by atoms with van der Waals surface area (Å²) in [5.74, 6) is -0.751. The molecule has 0 aliphatic heterocycles. The van der Waals surface area contributed by atoms with Crippen LogP contribution in [0.15, 0.2) is 18.2 Å². The van der Waals surface area contributed by atoms with Crippen molar-refractivity contribution in [3.8, 4) is 6.07 Å². The van der Waals surface area contributed by atoms with Crippen molar-refractivity contribution in [2.75, 3.05) is 5.88 Å². The summed E-state index contributed by atoms with van der Waals surface area (Å²) in [5, 5.41) is 8.85. The van der Waals surface area contributed by atoms with Crippen molar-refractivity contribution in [2.24, 2.45) is 0 Å². The van der Waals surface area contributed by atoms with E-state index in [2.05, 4.69) is 0 Å². The van der Waals surface area contributed by atoms with E-state index in [1.807, 2.05) is 6.07 Å². The Balaban J connectivity index is 3.28. The molecule has 0 bridgehead atoms. The first-order chi connectivity index (χ1) is 7.90. The minimum atomic E-state index is -4.53. The highest BCUT2D eigenvalue weighted by Crippen LogP contribution is 2.37. The van der Waals surface area contributed by atoms with E-state index in [1.165, 1.54) is 12.1 Å². The van der Waals surface area contributed by atoms with Crippen LogP contribution in [0.4, 0.5) is 13.2 Å². The van der Waals surface area contributed by atoms with Gasteiger partial charge in [0.25, 0.3) is 0 Å². The summed E-state index contributed by atoms with van der Waals surface area (Å²) in [7, 11) is 0. The molecule has 0 spiro atoms. The fourth-order valence-electron chi connectivity index (χ4n) is 1.48. The monoisotopic (exact) mass is 281 g/mol. The number of hydrogen-bond donors (Lipinski definition) is 0. The van der Waals surface area contributed by atoms with Gasteiger partial charge in [0.05, 0.1) is 17.6 Å². The van der Waals surface area contributed by atoms with Crippen LogP contribution in [0, 0.1) is 11.3 Å². The predicted octanol–water partition coefficient (Wildman–Crippen LogP) is 4.59. The van der Waals surface area contributed by atoms with Gasteiger partial charge in [-0.2, -0.15) is 18.4 Å². The van der Waals surface area contributed by atoms with Crippen molar-refractivity contribution >= 4 is 23.2 Å². The van der Waals surface area contributed by atoms with Gasteiger partial charge in [-0.25, -0.2) is 0 Å². The largest absolute Gasteiger partial charge is 0.416 e. The fraction of sp³-hybridized carbons (Fsp3) is 0.364. The van der Waals surface area contributed by atoms with E-state index in [1.54, 1.807) is 0 Å². The van der Waals surface area contributed by atoms with Gasteiger partial charge >= 0.3 is 6.18 Å². The number of hydrogen-bond acceptors (Lipinski definition) is 1. The lowest BCUT2D eigenvalue weighted by atomic mass is 9.93. The molecule has 1 unspecified atom stereocenters. The van der Waals surface area contributed by atoms with Crippen molar-refractivity contribution in [3.05, 3.63) is 34.3 Å². The third kappa shape index (κ3) is 3.52. The number of rotatable bonds is 3. The zero-order chi connectivity index (χ0) is 13.1. The van der Waals surface area contributed by atoms with Crippen molar-refractivity contribution in [1.29, 1.82) is 5.26 Å². The summed E-state index contributed by atoms with van der Waals surface area (Å²) in [4.78, 5) is 0. The predicted molar refractivity (Wildman–Crippen MR) is 60.1 cm³/mol. The molecule has 0 heterocycles. The second kappa shape index (κ2) is 5.61. The van der Waals surface area contributed by atoms with Gasteiger partial charge in [0.15, 0.2) is 0 Å². The summed E-state index contributed by atoms with van der Waals surface area (Å²) >= 11 is 11.0. The van der Waals surface area contributed by atoms with E-state index in [-0.39, 0.29) is 22.9 Å². The summed E-state index contributed by atoms with van der Waals surface area (Å²) in [6.07, 6.45) is -4.36. The number of alkyl halides is 4. The van der Waals surface area contributed by atoms with Crippen molar-refractivity contribution in [1.82, 2.24) is 0 Å². The van der Waals surface area contributed by atoms with E-state index >= 15 is 0 Å². The van der Waals surface area contributed by atoms with Gasteiger partial charge in [-0.3, -0.25) is 0 Å². The molecule has 0 aliphatic rings. The fourth-order valence-corrected chi connectivity index (χ4v) is 1.87. The number of nitriles is 1. The van der Waals surface area contributed by atoms with Crippen LogP contribution in [-0.4, -0.2) is 5.88 Å². The molecular weight excluding hydrogens is 274 g/mol. The normalized spacial score (nSPS) is 13.2. The Morgan fingerprint density at radius 2 is 2.00 bits per heavy atom. The molecule has 1 atom stereocenters. The second-order valence-corrected chi connectivity index (χ2v) is 4.20. The molecule has 92 valence electrons. The maximum atomic E-state index is 12.8. The summed E-state index contributed by atoms with van der Waals surface area (Å²) in [6.45, 7) is 0. The summed E-state index contributed by atoms with van der Waals surface area (Å²) in [5.41, 5.74) is -0.952. The molecule has 6 heteroatoms. The summed E-state index contributed by atoms with van der Waals surface area (Å²) in [6, 6.07) is 5.22. The first kappa shape index (κ1) is 14.1. The highest BCUT2D eigenvalue weighted by Gasteiger charge is 2.35. The molecule has 0 aliphatic carbocycles.